The highest BCUT2D eigenvalue weighted by atomic mass is 32.1. The summed E-state index contributed by atoms with van der Waals surface area (Å²) in [5.74, 6) is 0. The Labute approximate surface area is 96.3 Å². The second kappa shape index (κ2) is 4.24. The second-order valence-electron chi connectivity index (χ2n) is 3.21. The van der Waals surface area contributed by atoms with Crippen molar-refractivity contribution in [2.24, 2.45) is 0 Å². The number of hydrogen-bond acceptors (Lipinski definition) is 3. The SMILES string of the molecule is Nc1sccc1-c1ccc(NC(=O)O)cc1. The highest BCUT2D eigenvalue weighted by Crippen LogP contribution is 2.30. The molecule has 0 spiro atoms. The lowest BCUT2D eigenvalue weighted by Crippen LogP contribution is -2.06. The first-order chi connectivity index (χ1) is 7.66. The summed E-state index contributed by atoms with van der Waals surface area (Å²) in [6.45, 7) is 0. The van der Waals surface area contributed by atoms with E-state index in [9.17, 15) is 4.79 Å². The number of benzene rings is 1. The van der Waals surface area contributed by atoms with E-state index in [1.165, 1.54) is 11.3 Å². The van der Waals surface area contributed by atoms with Crippen LogP contribution in [0.5, 0.6) is 0 Å². The Morgan fingerprint density at radius 2 is 1.94 bits per heavy atom. The van der Waals surface area contributed by atoms with Crippen LogP contribution < -0.4 is 11.1 Å². The van der Waals surface area contributed by atoms with Gasteiger partial charge in [0.05, 0.1) is 5.00 Å². The molecule has 0 aliphatic rings. The van der Waals surface area contributed by atoms with Gasteiger partial charge in [0, 0.05) is 11.3 Å². The van der Waals surface area contributed by atoms with E-state index in [4.69, 9.17) is 10.8 Å². The molecular weight excluding hydrogens is 224 g/mol. The third-order valence-electron chi connectivity index (χ3n) is 2.14. The predicted octanol–water partition coefficient (Wildman–Crippen LogP) is 3.09. The minimum absolute atomic E-state index is 0.546. The Kier molecular flexibility index (Phi) is 2.78. The van der Waals surface area contributed by atoms with Crippen molar-refractivity contribution >= 4 is 28.1 Å². The molecule has 0 aliphatic carbocycles. The van der Waals surface area contributed by atoms with Gasteiger partial charge in [0.2, 0.25) is 0 Å². The van der Waals surface area contributed by atoms with Crippen molar-refractivity contribution in [3.63, 3.8) is 0 Å². The van der Waals surface area contributed by atoms with E-state index in [1.807, 2.05) is 23.6 Å². The van der Waals surface area contributed by atoms with Gasteiger partial charge >= 0.3 is 6.09 Å². The molecule has 1 heterocycles. The fourth-order valence-electron chi connectivity index (χ4n) is 1.42. The van der Waals surface area contributed by atoms with Crippen molar-refractivity contribution in [2.75, 3.05) is 11.1 Å². The van der Waals surface area contributed by atoms with Gasteiger partial charge in [-0.1, -0.05) is 12.1 Å². The minimum atomic E-state index is -1.07. The lowest BCUT2D eigenvalue weighted by Gasteiger charge is -2.03. The molecule has 0 aliphatic heterocycles. The lowest BCUT2D eigenvalue weighted by molar-refractivity contribution is 0.210. The average molecular weight is 234 g/mol. The fourth-order valence-corrected chi connectivity index (χ4v) is 2.08. The molecule has 2 rings (SSSR count). The number of nitrogen functional groups attached to an aromatic ring is 1. The van der Waals surface area contributed by atoms with Crippen LogP contribution in [-0.2, 0) is 0 Å². The van der Waals surface area contributed by atoms with E-state index >= 15 is 0 Å². The molecule has 1 amide bonds. The van der Waals surface area contributed by atoms with Gasteiger partial charge in [-0.05, 0) is 29.1 Å². The summed E-state index contributed by atoms with van der Waals surface area (Å²) in [4.78, 5) is 10.4. The van der Waals surface area contributed by atoms with E-state index in [-0.39, 0.29) is 0 Å². The number of carboxylic acid groups (broad SMARTS) is 1. The van der Waals surface area contributed by atoms with Crippen molar-refractivity contribution in [3.05, 3.63) is 35.7 Å². The Morgan fingerprint density at radius 3 is 2.44 bits per heavy atom. The maximum Gasteiger partial charge on any atom is 0.409 e. The smallest absolute Gasteiger partial charge is 0.409 e. The van der Waals surface area contributed by atoms with Gasteiger partial charge in [0.15, 0.2) is 0 Å². The molecule has 0 saturated heterocycles. The van der Waals surface area contributed by atoms with Crippen LogP contribution in [0.25, 0.3) is 11.1 Å². The molecule has 1 aromatic heterocycles. The highest BCUT2D eigenvalue weighted by Gasteiger charge is 2.04. The maximum absolute atomic E-state index is 10.4. The average Bonchev–Trinajstić information content (AvgIpc) is 2.65. The maximum atomic E-state index is 10.4. The van der Waals surface area contributed by atoms with Gasteiger partial charge in [-0.2, -0.15) is 0 Å². The molecule has 4 nitrogen and oxygen atoms in total. The number of nitrogens with one attached hydrogen (secondary N) is 1. The van der Waals surface area contributed by atoms with Crippen LogP contribution in [0.15, 0.2) is 35.7 Å². The molecule has 0 saturated carbocycles. The summed E-state index contributed by atoms with van der Waals surface area (Å²) in [5, 5.41) is 13.5. The van der Waals surface area contributed by atoms with E-state index < -0.39 is 6.09 Å². The largest absolute Gasteiger partial charge is 0.465 e. The van der Waals surface area contributed by atoms with Crippen LogP contribution >= 0.6 is 11.3 Å². The molecule has 0 radical (unpaired) electrons. The van der Waals surface area contributed by atoms with Gasteiger partial charge in [0.25, 0.3) is 0 Å². The lowest BCUT2D eigenvalue weighted by atomic mass is 10.1. The molecule has 82 valence electrons. The molecule has 0 unspecified atom stereocenters. The first-order valence-corrected chi connectivity index (χ1v) is 5.48. The summed E-state index contributed by atoms with van der Waals surface area (Å²) < 4.78 is 0. The van der Waals surface area contributed by atoms with Crippen LogP contribution in [0.3, 0.4) is 0 Å². The van der Waals surface area contributed by atoms with Crippen LogP contribution in [-0.4, -0.2) is 11.2 Å². The second-order valence-corrected chi connectivity index (χ2v) is 4.15. The van der Waals surface area contributed by atoms with Crippen molar-refractivity contribution in [2.45, 2.75) is 0 Å². The molecule has 0 fully saturated rings. The molecule has 1 aromatic carbocycles. The topological polar surface area (TPSA) is 75.3 Å². The summed E-state index contributed by atoms with van der Waals surface area (Å²) in [5.41, 5.74) is 8.31. The van der Waals surface area contributed by atoms with Gasteiger partial charge in [0.1, 0.15) is 0 Å². The minimum Gasteiger partial charge on any atom is -0.465 e. The quantitative estimate of drug-likeness (QED) is 0.747. The van der Waals surface area contributed by atoms with Crippen LogP contribution in [0.2, 0.25) is 0 Å². The van der Waals surface area contributed by atoms with E-state index in [1.54, 1.807) is 12.1 Å². The van der Waals surface area contributed by atoms with Crippen LogP contribution in [0.1, 0.15) is 0 Å². The number of amides is 1. The third kappa shape index (κ3) is 2.14. The zero-order valence-corrected chi connectivity index (χ0v) is 9.12. The fraction of sp³-hybridized carbons (Fsp3) is 0. The Balaban J connectivity index is 2.26. The van der Waals surface area contributed by atoms with E-state index in [2.05, 4.69) is 5.32 Å². The van der Waals surface area contributed by atoms with E-state index in [0.717, 1.165) is 16.1 Å². The first kappa shape index (κ1) is 10.5. The predicted molar refractivity (Wildman–Crippen MR) is 65.8 cm³/mol. The Morgan fingerprint density at radius 1 is 1.25 bits per heavy atom. The summed E-state index contributed by atoms with van der Waals surface area (Å²) >= 11 is 1.48. The van der Waals surface area contributed by atoms with Gasteiger partial charge < -0.3 is 10.8 Å². The normalized spacial score (nSPS) is 10.0. The molecule has 5 heteroatoms. The van der Waals surface area contributed by atoms with Gasteiger partial charge in [-0.15, -0.1) is 11.3 Å². The summed E-state index contributed by atoms with van der Waals surface area (Å²) in [6, 6.07) is 9.04. The number of hydrogen-bond donors (Lipinski definition) is 3. The Bertz CT molecular complexity index is 505. The summed E-state index contributed by atoms with van der Waals surface area (Å²) in [7, 11) is 0. The molecule has 0 atom stereocenters. The number of nitrogens with two attached hydrogens (primary N) is 1. The zero-order chi connectivity index (χ0) is 11.5. The van der Waals surface area contributed by atoms with Crippen molar-refractivity contribution < 1.29 is 9.90 Å². The Hall–Kier alpha value is -2.01. The van der Waals surface area contributed by atoms with Crippen LogP contribution in [0.4, 0.5) is 15.5 Å². The number of rotatable bonds is 2. The van der Waals surface area contributed by atoms with Gasteiger partial charge in [-0.25, -0.2) is 4.79 Å². The molecular formula is C11H10N2O2S. The number of thiophene rings is 1. The van der Waals surface area contributed by atoms with Crippen molar-refractivity contribution in [1.82, 2.24) is 0 Å². The standard InChI is InChI=1S/C11H10N2O2S/c12-10-9(5-6-16-10)7-1-3-8(4-2-7)13-11(14)15/h1-6,13H,12H2,(H,14,15). The monoisotopic (exact) mass is 234 g/mol. The molecule has 2 aromatic rings. The highest BCUT2D eigenvalue weighted by molar-refractivity contribution is 7.14. The number of anilines is 2. The summed E-state index contributed by atoms with van der Waals surface area (Å²) in [6.07, 6.45) is -1.07. The van der Waals surface area contributed by atoms with Crippen molar-refractivity contribution in [3.8, 4) is 11.1 Å². The number of carbonyl (C=O) groups is 1. The first-order valence-electron chi connectivity index (χ1n) is 4.60. The van der Waals surface area contributed by atoms with E-state index in [0.29, 0.717) is 5.69 Å². The van der Waals surface area contributed by atoms with Crippen LogP contribution in [0, 0.1) is 0 Å². The molecule has 16 heavy (non-hydrogen) atoms. The van der Waals surface area contributed by atoms with Crippen molar-refractivity contribution in [1.29, 1.82) is 0 Å². The zero-order valence-electron chi connectivity index (χ0n) is 8.31. The molecule has 4 N–H and O–H groups in total. The molecule has 0 bridgehead atoms. The van der Waals surface area contributed by atoms with Gasteiger partial charge in [-0.3, -0.25) is 5.32 Å². The third-order valence-corrected chi connectivity index (χ3v) is 2.89.